The van der Waals surface area contributed by atoms with Crippen molar-refractivity contribution >= 4 is 11.5 Å². The number of halogens is 1. The van der Waals surface area contributed by atoms with E-state index in [-0.39, 0.29) is 6.10 Å². The predicted molar refractivity (Wildman–Crippen MR) is 111 cm³/mol. The summed E-state index contributed by atoms with van der Waals surface area (Å²) in [7, 11) is 0. The van der Waals surface area contributed by atoms with Crippen LogP contribution in [0.2, 0.25) is 0 Å². The molecule has 8 heteroatoms. The van der Waals surface area contributed by atoms with Crippen LogP contribution in [0.5, 0.6) is 17.2 Å². The van der Waals surface area contributed by atoms with Crippen molar-refractivity contribution in [2.45, 2.75) is 39.5 Å². The van der Waals surface area contributed by atoms with Crippen molar-refractivity contribution in [3.63, 3.8) is 0 Å². The topological polar surface area (TPSA) is 61.1 Å². The molecule has 0 atom stereocenters. The lowest BCUT2D eigenvalue weighted by atomic mass is 10.1. The summed E-state index contributed by atoms with van der Waals surface area (Å²) in [5, 5.41) is 4.73. The van der Waals surface area contributed by atoms with Crippen LogP contribution in [0.15, 0.2) is 24.4 Å². The Kier molecular flexibility index (Phi) is 4.84. The molecule has 0 bridgehead atoms. The molecule has 0 unspecified atom stereocenters. The molecule has 1 aromatic carbocycles. The molecule has 2 aliphatic rings. The van der Waals surface area contributed by atoms with E-state index >= 15 is 0 Å². The highest BCUT2D eigenvalue weighted by Gasteiger charge is 2.25. The van der Waals surface area contributed by atoms with E-state index in [0.717, 1.165) is 65.8 Å². The van der Waals surface area contributed by atoms with Gasteiger partial charge in [-0.3, -0.25) is 0 Å². The van der Waals surface area contributed by atoms with Gasteiger partial charge in [0, 0.05) is 43.1 Å². The van der Waals surface area contributed by atoms with Crippen molar-refractivity contribution in [2.24, 2.45) is 0 Å². The number of imidazole rings is 1. The van der Waals surface area contributed by atoms with Crippen LogP contribution in [-0.4, -0.2) is 47.0 Å². The Bertz CT molecular complexity index is 1080. The van der Waals surface area contributed by atoms with E-state index in [1.807, 2.05) is 25.1 Å². The normalized spacial score (nSPS) is 16.8. The van der Waals surface area contributed by atoms with Gasteiger partial charge in [-0.1, -0.05) is 0 Å². The molecule has 30 heavy (non-hydrogen) atoms. The molecule has 0 amide bonds. The Hall–Kier alpha value is -3.03. The van der Waals surface area contributed by atoms with Gasteiger partial charge in [0.1, 0.15) is 31.7 Å². The van der Waals surface area contributed by atoms with Crippen LogP contribution in [0.25, 0.3) is 5.65 Å². The number of aromatic nitrogens is 3. The van der Waals surface area contributed by atoms with E-state index in [1.165, 1.54) is 0 Å². The Balaban J connectivity index is 1.28. The lowest BCUT2D eigenvalue weighted by molar-refractivity contribution is 0.159. The Morgan fingerprint density at radius 3 is 2.63 bits per heavy atom. The van der Waals surface area contributed by atoms with Gasteiger partial charge in [-0.15, -0.1) is 5.10 Å². The zero-order valence-electron chi connectivity index (χ0n) is 17.2. The fourth-order valence-electron chi connectivity index (χ4n) is 4.10. The molecule has 4 heterocycles. The number of hydrogen-bond acceptors (Lipinski definition) is 6. The third-order valence-corrected chi connectivity index (χ3v) is 5.87. The SMILES string of the molecule is Cc1c(N2CCC(Oc3ccc4c(c3)OCCO4)CC2)nn2cc(CF)nc2c1C. The van der Waals surface area contributed by atoms with Gasteiger partial charge in [0.2, 0.25) is 0 Å². The van der Waals surface area contributed by atoms with Crippen LogP contribution in [0.1, 0.15) is 29.7 Å². The number of nitrogens with zero attached hydrogens (tertiary/aromatic N) is 4. The van der Waals surface area contributed by atoms with Crippen LogP contribution in [-0.2, 0) is 6.67 Å². The number of fused-ring (bicyclic) bond motifs is 2. The van der Waals surface area contributed by atoms with Gasteiger partial charge < -0.3 is 19.1 Å². The highest BCUT2D eigenvalue weighted by Crippen LogP contribution is 2.35. The summed E-state index contributed by atoms with van der Waals surface area (Å²) in [6.07, 6.45) is 3.60. The monoisotopic (exact) mass is 412 g/mol. The van der Waals surface area contributed by atoms with Gasteiger partial charge in [0.25, 0.3) is 0 Å². The van der Waals surface area contributed by atoms with Crippen molar-refractivity contribution in [1.29, 1.82) is 0 Å². The maximum absolute atomic E-state index is 13.0. The average Bonchev–Trinajstić information content (AvgIpc) is 3.20. The first kappa shape index (κ1) is 19.0. The summed E-state index contributed by atoms with van der Waals surface area (Å²) in [5.74, 6) is 3.25. The number of benzene rings is 1. The lowest BCUT2D eigenvalue weighted by Crippen LogP contribution is -2.39. The van der Waals surface area contributed by atoms with E-state index in [2.05, 4.69) is 16.8 Å². The van der Waals surface area contributed by atoms with Crippen LogP contribution in [0.3, 0.4) is 0 Å². The zero-order valence-corrected chi connectivity index (χ0v) is 17.2. The summed E-state index contributed by atoms with van der Waals surface area (Å²) >= 11 is 0. The summed E-state index contributed by atoms with van der Waals surface area (Å²) in [6, 6.07) is 5.75. The van der Waals surface area contributed by atoms with Crippen molar-refractivity contribution in [3.05, 3.63) is 41.2 Å². The van der Waals surface area contributed by atoms with Gasteiger partial charge in [-0.25, -0.2) is 13.9 Å². The van der Waals surface area contributed by atoms with Gasteiger partial charge in [0.05, 0.1) is 11.9 Å². The molecule has 5 rings (SSSR count). The summed E-state index contributed by atoms with van der Waals surface area (Å²) < 4.78 is 32.1. The van der Waals surface area contributed by atoms with E-state index < -0.39 is 6.67 Å². The summed E-state index contributed by atoms with van der Waals surface area (Å²) in [4.78, 5) is 6.61. The second kappa shape index (κ2) is 7.66. The van der Waals surface area contributed by atoms with E-state index in [1.54, 1.807) is 10.7 Å². The largest absolute Gasteiger partial charge is 0.490 e. The van der Waals surface area contributed by atoms with Crippen LogP contribution in [0, 0.1) is 13.8 Å². The summed E-state index contributed by atoms with van der Waals surface area (Å²) in [5.41, 5.74) is 3.26. The second-order valence-corrected chi connectivity index (χ2v) is 7.82. The maximum Gasteiger partial charge on any atom is 0.165 e. The molecular weight excluding hydrogens is 387 g/mol. The molecular formula is C22H25FN4O3. The van der Waals surface area contributed by atoms with Crippen LogP contribution >= 0.6 is 0 Å². The highest BCUT2D eigenvalue weighted by atomic mass is 19.1. The van der Waals surface area contributed by atoms with Gasteiger partial charge in [-0.05, 0) is 26.0 Å². The molecule has 2 aliphatic heterocycles. The van der Waals surface area contributed by atoms with Crippen molar-refractivity contribution in [1.82, 2.24) is 14.6 Å². The lowest BCUT2D eigenvalue weighted by Gasteiger charge is -2.34. The van der Waals surface area contributed by atoms with Crippen LogP contribution in [0.4, 0.5) is 10.2 Å². The molecule has 3 aromatic rings. The third-order valence-electron chi connectivity index (χ3n) is 5.87. The minimum absolute atomic E-state index is 0.139. The van der Waals surface area contributed by atoms with Crippen molar-refractivity contribution in [2.75, 3.05) is 31.2 Å². The van der Waals surface area contributed by atoms with Gasteiger partial charge in [0.15, 0.2) is 23.0 Å². The van der Waals surface area contributed by atoms with Crippen molar-refractivity contribution in [3.8, 4) is 17.2 Å². The molecule has 0 saturated carbocycles. The number of anilines is 1. The zero-order chi connectivity index (χ0) is 20.7. The first-order valence-electron chi connectivity index (χ1n) is 10.3. The Morgan fingerprint density at radius 2 is 1.87 bits per heavy atom. The smallest absolute Gasteiger partial charge is 0.165 e. The molecule has 0 spiro atoms. The molecule has 0 radical (unpaired) electrons. The predicted octanol–water partition coefficient (Wildman–Crippen LogP) is 3.63. The van der Waals surface area contributed by atoms with E-state index in [9.17, 15) is 4.39 Å². The maximum atomic E-state index is 13.0. The molecule has 1 fully saturated rings. The van der Waals surface area contributed by atoms with Crippen LogP contribution < -0.4 is 19.1 Å². The molecule has 2 aromatic heterocycles. The fourth-order valence-corrected chi connectivity index (χ4v) is 4.10. The fraction of sp³-hybridized carbons (Fsp3) is 0.455. The minimum Gasteiger partial charge on any atom is -0.490 e. The molecule has 0 N–H and O–H groups in total. The number of rotatable bonds is 4. The van der Waals surface area contributed by atoms with E-state index in [4.69, 9.17) is 19.3 Å². The molecule has 1 saturated heterocycles. The van der Waals surface area contributed by atoms with Crippen molar-refractivity contribution < 1.29 is 18.6 Å². The van der Waals surface area contributed by atoms with Gasteiger partial charge in [-0.2, -0.15) is 0 Å². The highest BCUT2D eigenvalue weighted by molar-refractivity contribution is 5.60. The third kappa shape index (κ3) is 3.40. The number of alkyl halides is 1. The average molecular weight is 412 g/mol. The number of hydrogen-bond donors (Lipinski definition) is 0. The van der Waals surface area contributed by atoms with E-state index in [0.29, 0.717) is 18.9 Å². The quantitative estimate of drug-likeness (QED) is 0.652. The molecule has 0 aliphatic carbocycles. The molecule has 7 nitrogen and oxygen atoms in total. The second-order valence-electron chi connectivity index (χ2n) is 7.82. The molecule has 158 valence electrons. The number of aryl methyl sites for hydroxylation is 1. The standard InChI is InChI=1S/C22H25FN4O3/c1-14-15(2)22(25-27-13-16(12-23)24-21(14)27)26-7-5-17(6-8-26)30-18-3-4-19-20(11-18)29-10-9-28-19/h3-4,11,13,17H,5-10,12H2,1-2H3. The number of piperidine rings is 1. The Labute approximate surface area is 174 Å². The Morgan fingerprint density at radius 1 is 1.10 bits per heavy atom. The first-order chi connectivity index (χ1) is 14.6. The minimum atomic E-state index is -0.584. The first-order valence-corrected chi connectivity index (χ1v) is 10.3. The number of ether oxygens (including phenoxy) is 3. The van der Waals surface area contributed by atoms with Gasteiger partial charge >= 0.3 is 0 Å². The summed E-state index contributed by atoms with van der Waals surface area (Å²) in [6.45, 7) is 6.33.